The zero-order valence-corrected chi connectivity index (χ0v) is 12.4. The van der Waals surface area contributed by atoms with Crippen LogP contribution in [0.4, 0.5) is 5.69 Å². The molecule has 1 aliphatic rings. The van der Waals surface area contributed by atoms with Crippen LogP contribution in [0.25, 0.3) is 11.3 Å². The molecule has 1 aromatic carbocycles. The second-order valence-corrected chi connectivity index (χ2v) is 5.66. The van der Waals surface area contributed by atoms with Gasteiger partial charge in [0.2, 0.25) is 0 Å². The topological polar surface area (TPSA) is 88.9 Å². The Labute approximate surface area is 132 Å². The van der Waals surface area contributed by atoms with Gasteiger partial charge in [-0.2, -0.15) is 5.26 Å². The van der Waals surface area contributed by atoms with Gasteiger partial charge in [-0.25, -0.2) is 0 Å². The van der Waals surface area contributed by atoms with Crippen molar-refractivity contribution < 1.29 is 4.92 Å². The lowest BCUT2D eigenvalue weighted by Gasteiger charge is -2.19. The molecule has 3 rings (SSSR count). The van der Waals surface area contributed by atoms with Gasteiger partial charge in [0.05, 0.1) is 10.6 Å². The number of nitriles is 1. The van der Waals surface area contributed by atoms with Crippen molar-refractivity contribution in [3.05, 3.63) is 62.4 Å². The first-order valence-corrected chi connectivity index (χ1v) is 7.52. The molecule has 1 aromatic heterocycles. The lowest BCUT2D eigenvalue weighted by molar-refractivity contribution is -0.384. The Morgan fingerprint density at radius 3 is 2.35 bits per heavy atom. The summed E-state index contributed by atoms with van der Waals surface area (Å²) in [5, 5.41) is 19.9. The van der Waals surface area contributed by atoms with Crippen LogP contribution < -0.4 is 5.56 Å². The highest BCUT2D eigenvalue weighted by molar-refractivity contribution is 5.62. The first-order chi connectivity index (χ1) is 11.1. The summed E-state index contributed by atoms with van der Waals surface area (Å²) in [7, 11) is 0. The molecular weight excluding hydrogens is 294 g/mol. The molecule has 0 amide bonds. The van der Waals surface area contributed by atoms with Crippen LogP contribution in [0.2, 0.25) is 0 Å². The van der Waals surface area contributed by atoms with Crippen molar-refractivity contribution in [2.24, 2.45) is 0 Å². The Kier molecular flexibility index (Phi) is 3.94. The largest absolute Gasteiger partial charge is 0.304 e. The number of aromatic nitrogens is 1. The van der Waals surface area contributed by atoms with E-state index in [0.29, 0.717) is 5.69 Å². The van der Waals surface area contributed by atoms with Crippen LogP contribution in [-0.4, -0.2) is 9.49 Å². The minimum Gasteiger partial charge on any atom is -0.304 e. The predicted molar refractivity (Wildman–Crippen MR) is 85.0 cm³/mol. The third-order valence-electron chi connectivity index (χ3n) is 4.30. The molecule has 0 unspecified atom stereocenters. The highest BCUT2D eigenvalue weighted by Crippen LogP contribution is 2.32. The highest BCUT2D eigenvalue weighted by Gasteiger charge is 2.22. The van der Waals surface area contributed by atoms with Gasteiger partial charge < -0.3 is 4.57 Å². The minimum absolute atomic E-state index is 0.0113. The molecule has 2 aromatic rings. The number of non-ortho nitro benzene ring substituents is 1. The normalized spacial score (nSPS) is 14.6. The van der Waals surface area contributed by atoms with E-state index in [1.807, 2.05) is 6.07 Å². The minimum atomic E-state index is -0.452. The standard InChI is InChI=1S/C17H15N3O3/c18-11-13-7-10-16(12-5-8-15(9-6-12)20(22)23)19(17(13)21)14-3-1-2-4-14/h5-10,14H,1-4H2. The fourth-order valence-corrected chi connectivity index (χ4v) is 3.15. The lowest BCUT2D eigenvalue weighted by Crippen LogP contribution is -2.26. The summed E-state index contributed by atoms with van der Waals surface area (Å²) in [6.07, 6.45) is 3.95. The second-order valence-electron chi connectivity index (χ2n) is 5.66. The molecule has 0 radical (unpaired) electrons. The van der Waals surface area contributed by atoms with E-state index in [9.17, 15) is 14.9 Å². The molecule has 1 heterocycles. The van der Waals surface area contributed by atoms with E-state index in [1.54, 1.807) is 22.8 Å². The van der Waals surface area contributed by atoms with Crippen molar-refractivity contribution in [2.45, 2.75) is 31.7 Å². The number of hydrogen-bond acceptors (Lipinski definition) is 4. The number of nitro groups is 1. The van der Waals surface area contributed by atoms with Gasteiger partial charge in [-0.1, -0.05) is 12.8 Å². The summed E-state index contributed by atoms with van der Waals surface area (Å²) in [4.78, 5) is 22.9. The fraction of sp³-hybridized carbons (Fsp3) is 0.294. The quantitative estimate of drug-likeness (QED) is 0.642. The van der Waals surface area contributed by atoms with E-state index < -0.39 is 4.92 Å². The van der Waals surface area contributed by atoms with E-state index in [-0.39, 0.29) is 22.9 Å². The Morgan fingerprint density at radius 2 is 1.78 bits per heavy atom. The smallest absolute Gasteiger partial charge is 0.269 e. The molecule has 116 valence electrons. The van der Waals surface area contributed by atoms with Crippen molar-refractivity contribution in [2.75, 3.05) is 0 Å². The van der Waals surface area contributed by atoms with E-state index in [1.165, 1.54) is 18.2 Å². The summed E-state index contributed by atoms with van der Waals surface area (Å²) < 4.78 is 1.69. The van der Waals surface area contributed by atoms with Crippen LogP contribution in [-0.2, 0) is 0 Å². The summed E-state index contributed by atoms with van der Waals surface area (Å²) >= 11 is 0. The second kappa shape index (κ2) is 6.05. The highest BCUT2D eigenvalue weighted by atomic mass is 16.6. The van der Waals surface area contributed by atoms with E-state index >= 15 is 0 Å². The maximum absolute atomic E-state index is 12.6. The molecule has 1 saturated carbocycles. The molecular formula is C17H15N3O3. The molecule has 0 aliphatic heterocycles. The summed E-state index contributed by atoms with van der Waals surface area (Å²) in [6, 6.07) is 11.4. The van der Waals surface area contributed by atoms with Gasteiger partial charge in [0.15, 0.2) is 0 Å². The van der Waals surface area contributed by atoms with Crippen LogP contribution in [0.1, 0.15) is 37.3 Å². The van der Waals surface area contributed by atoms with E-state index in [0.717, 1.165) is 31.2 Å². The SMILES string of the molecule is N#Cc1ccc(-c2ccc([N+](=O)[O-])cc2)n(C2CCCC2)c1=O. The van der Waals surface area contributed by atoms with Crippen molar-refractivity contribution in [3.63, 3.8) is 0 Å². The maximum atomic E-state index is 12.6. The van der Waals surface area contributed by atoms with Crippen LogP contribution in [0, 0.1) is 21.4 Å². The predicted octanol–water partition coefficient (Wildman–Crippen LogP) is 3.41. The molecule has 0 N–H and O–H groups in total. The Hall–Kier alpha value is -2.94. The molecule has 6 heteroatoms. The molecule has 0 spiro atoms. The van der Waals surface area contributed by atoms with Gasteiger partial charge in [-0.05, 0) is 42.7 Å². The van der Waals surface area contributed by atoms with E-state index in [4.69, 9.17) is 5.26 Å². The van der Waals surface area contributed by atoms with Crippen LogP contribution >= 0.6 is 0 Å². The Morgan fingerprint density at radius 1 is 1.13 bits per heavy atom. The van der Waals surface area contributed by atoms with Gasteiger partial charge in [0, 0.05) is 18.2 Å². The molecule has 0 saturated heterocycles. The Balaban J connectivity index is 2.15. The summed E-state index contributed by atoms with van der Waals surface area (Å²) in [5.74, 6) is 0. The molecule has 0 bridgehead atoms. The first-order valence-electron chi connectivity index (χ1n) is 7.52. The zero-order chi connectivity index (χ0) is 16.4. The average molecular weight is 309 g/mol. The molecule has 0 atom stereocenters. The van der Waals surface area contributed by atoms with Crippen molar-refractivity contribution in [3.8, 4) is 17.3 Å². The van der Waals surface area contributed by atoms with Gasteiger partial charge in [0.1, 0.15) is 11.6 Å². The van der Waals surface area contributed by atoms with Crippen LogP contribution in [0.3, 0.4) is 0 Å². The first kappa shape index (κ1) is 15.0. The van der Waals surface area contributed by atoms with Crippen LogP contribution in [0.5, 0.6) is 0 Å². The number of nitro benzene ring substituents is 1. The molecule has 23 heavy (non-hydrogen) atoms. The van der Waals surface area contributed by atoms with Crippen LogP contribution in [0.15, 0.2) is 41.2 Å². The van der Waals surface area contributed by atoms with E-state index in [2.05, 4.69) is 0 Å². The third-order valence-corrected chi connectivity index (χ3v) is 4.30. The zero-order valence-electron chi connectivity index (χ0n) is 12.4. The number of pyridine rings is 1. The van der Waals surface area contributed by atoms with Gasteiger partial charge in [-0.15, -0.1) is 0 Å². The third kappa shape index (κ3) is 2.73. The molecule has 1 aliphatic carbocycles. The number of hydrogen-bond donors (Lipinski definition) is 0. The van der Waals surface area contributed by atoms with Gasteiger partial charge in [0.25, 0.3) is 11.2 Å². The monoisotopic (exact) mass is 309 g/mol. The van der Waals surface area contributed by atoms with Crippen molar-refractivity contribution >= 4 is 5.69 Å². The molecule has 6 nitrogen and oxygen atoms in total. The maximum Gasteiger partial charge on any atom is 0.269 e. The van der Waals surface area contributed by atoms with Gasteiger partial charge >= 0.3 is 0 Å². The average Bonchev–Trinajstić information content (AvgIpc) is 3.08. The number of rotatable bonds is 3. The fourth-order valence-electron chi connectivity index (χ4n) is 3.15. The Bertz CT molecular complexity index is 841. The number of benzene rings is 1. The van der Waals surface area contributed by atoms with Gasteiger partial charge in [-0.3, -0.25) is 14.9 Å². The lowest BCUT2D eigenvalue weighted by atomic mass is 10.1. The molecule has 1 fully saturated rings. The number of nitrogens with zero attached hydrogens (tertiary/aromatic N) is 3. The van der Waals surface area contributed by atoms with Crippen molar-refractivity contribution in [1.29, 1.82) is 5.26 Å². The van der Waals surface area contributed by atoms with Crippen molar-refractivity contribution in [1.82, 2.24) is 4.57 Å². The summed E-state index contributed by atoms with van der Waals surface area (Å²) in [5.41, 5.74) is 1.30. The summed E-state index contributed by atoms with van der Waals surface area (Å²) in [6.45, 7) is 0.